The molecule has 1 aromatic heterocycles. The van der Waals surface area contributed by atoms with Crippen LogP contribution >= 0.6 is 0 Å². The Morgan fingerprint density at radius 2 is 2.33 bits per heavy atom. The van der Waals surface area contributed by atoms with Crippen LogP contribution in [0.1, 0.15) is 32.0 Å². The first-order valence-corrected chi connectivity index (χ1v) is 5.05. The largest absolute Gasteiger partial charge is 0.480 e. The van der Waals surface area contributed by atoms with E-state index in [-0.39, 0.29) is 6.04 Å². The Hall–Kier alpha value is -1.42. The highest BCUT2D eigenvalue weighted by atomic mass is 16.4. The Bertz CT molecular complexity index is 314. The van der Waals surface area contributed by atoms with E-state index in [0.29, 0.717) is 6.42 Å². The molecule has 1 rings (SSSR count). The molecule has 0 spiro atoms. The van der Waals surface area contributed by atoms with Gasteiger partial charge in [-0.2, -0.15) is 0 Å². The number of aromatic nitrogens is 1. The average molecular weight is 208 g/mol. The number of carboxylic acids is 1. The Labute approximate surface area is 89.3 Å². The number of hydrogen-bond donors (Lipinski definition) is 2. The maximum Gasteiger partial charge on any atom is 0.320 e. The maximum absolute atomic E-state index is 10.8. The Morgan fingerprint density at radius 3 is 2.80 bits per heavy atom. The van der Waals surface area contributed by atoms with Gasteiger partial charge in [0.1, 0.15) is 6.04 Å². The predicted molar refractivity (Wildman–Crippen MR) is 57.5 cm³/mol. The normalized spacial score (nSPS) is 14.5. The van der Waals surface area contributed by atoms with E-state index in [4.69, 9.17) is 5.11 Å². The van der Waals surface area contributed by atoms with Crippen LogP contribution in [0.5, 0.6) is 0 Å². The van der Waals surface area contributed by atoms with Crippen LogP contribution in [0.25, 0.3) is 0 Å². The van der Waals surface area contributed by atoms with Crippen molar-refractivity contribution in [3.05, 3.63) is 30.1 Å². The van der Waals surface area contributed by atoms with Crippen molar-refractivity contribution in [1.29, 1.82) is 0 Å². The first-order valence-electron chi connectivity index (χ1n) is 5.05. The average Bonchev–Trinajstić information content (AvgIpc) is 2.26. The van der Waals surface area contributed by atoms with Gasteiger partial charge in [0.25, 0.3) is 0 Å². The summed E-state index contributed by atoms with van der Waals surface area (Å²) < 4.78 is 0. The molecule has 2 N–H and O–H groups in total. The van der Waals surface area contributed by atoms with E-state index in [0.717, 1.165) is 5.69 Å². The molecule has 0 saturated carbocycles. The van der Waals surface area contributed by atoms with Gasteiger partial charge in [-0.05, 0) is 25.5 Å². The van der Waals surface area contributed by atoms with E-state index >= 15 is 0 Å². The first kappa shape index (κ1) is 11.7. The summed E-state index contributed by atoms with van der Waals surface area (Å²) in [6.45, 7) is 3.75. The van der Waals surface area contributed by atoms with Gasteiger partial charge in [-0.1, -0.05) is 13.0 Å². The number of pyridine rings is 1. The van der Waals surface area contributed by atoms with Gasteiger partial charge in [0.2, 0.25) is 0 Å². The summed E-state index contributed by atoms with van der Waals surface area (Å²) in [5, 5.41) is 11.9. The molecule has 82 valence electrons. The SMILES string of the molecule is CCC(N[C@H](C)c1ccccn1)C(=O)O. The minimum Gasteiger partial charge on any atom is -0.480 e. The van der Waals surface area contributed by atoms with Crippen LogP contribution in [0, 0.1) is 0 Å². The van der Waals surface area contributed by atoms with Crippen LogP contribution in [0.3, 0.4) is 0 Å². The zero-order valence-electron chi connectivity index (χ0n) is 8.97. The fraction of sp³-hybridized carbons (Fsp3) is 0.455. The summed E-state index contributed by atoms with van der Waals surface area (Å²) in [5.74, 6) is -0.819. The van der Waals surface area contributed by atoms with E-state index in [9.17, 15) is 4.79 Å². The minimum atomic E-state index is -0.819. The number of carboxylic acid groups (broad SMARTS) is 1. The van der Waals surface area contributed by atoms with Crippen LogP contribution in [-0.4, -0.2) is 22.1 Å². The van der Waals surface area contributed by atoms with Crippen LogP contribution in [0.2, 0.25) is 0 Å². The summed E-state index contributed by atoms with van der Waals surface area (Å²) in [7, 11) is 0. The minimum absolute atomic E-state index is 0.0488. The van der Waals surface area contributed by atoms with Gasteiger partial charge in [-0.15, -0.1) is 0 Å². The molecule has 4 heteroatoms. The first-order chi connectivity index (χ1) is 7.15. The number of carbonyl (C=O) groups is 1. The van der Waals surface area contributed by atoms with Gasteiger partial charge in [-0.25, -0.2) is 0 Å². The summed E-state index contributed by atoms with van der Waals surface area (Å²) in [6, 6.07) is 5.05. The van der Waals surface area contributed by atoms with E-state index in [2.05, 4.69) is 10.3 Å². The van der Waals surface area contributed by atoms with E-state index in [1.54, 1.807) is 6.20 Å². The van der Waals surface area contributed by atoms with Crippen LogP contribution in [0.4, 0.5) is 0 Å². The van der Waals surface area contributed by atoms with Crippen molar-refractivity contribution >= 4 is 5.97 Å². The molecule has 0 radical (unpaired) electrons. The molecular formula is C11H16N2O2. The molecule has 0 aliphatic heterocycles. The number of rotatable bonds is 5. The molecule has 0 aliphatic carbocycles. The highest BCUT2D eigenvalue weighted by Crippen LogP contribution is 2.09. The molecular weight excluding hydrogens is 192 g/mol. The van der Waals surface area contributed by atoms with Crippen molar-refractivity contribution in [2.24, 2.45) is 0 Å². The lowest BCUT2D eigenvalue weighted by molar-refractivity contribution is -0.139. The van der Waals surface area contributed by atoms with Gasteiger partial charge in [0, 0.05) is 12.2 Å². The van der Waals surface area contributed by atoms with Crippen molar-refractivity contribution in [2.45, 2.75) is 32.4 Å². The van der Waals surface area contributed by atoms with Crippen molar-refractivity contribution in [1.82, 2.24) is 10.3 Å². The number of aliphatic carboxylic acids is 1. The summed E-state index contributed by atoms with van der Waals surface area (Å²) in [5.41, 5.74) is 0.859. The molecule has 0 aromatic carbocycles. The topological polar surface area (TPSA) is 62.2 Å². The molecule has 1 heterocycles. The molecule has 2 atom stereocenters. The second-order valence-electron chi connectivity index (χ2n) is 3.44. The third-order valence-electron chi connectivity index (χ3n) is 2.29. The van der Waals surface area contributed by atoms with Crippen molar-refractivity contribution in [3.63, 3.8) is 0 Å². The molecule has 0 bridgehead atoms. The standard InChI is InChI=1S/C11H16N2O2/c1-3-9(11(14)15)13-8(2)10-6-4-5-7-12-10/h4-9,13H,3H2,1-2H3,(H,14,15)/t8-,9?/m1/s1. The lowest BCUT2D eigenvalue weighted by atomic mass is 10.1. The summed E-state index contributed by atoms with van der Waals surface area (Å²) in [4.78, 5) is 15.0. The number of nitrogens with zero attached hydrogens (tertiary/aromatic N) is 1. The molecule has 0 amide bonds. The fourth-order valence-corrected chi connectivity index (χ4v) is 1.38. The maximum atomic E-state index is 10.8. The monoisotopic (exact) mass is 208 g/mol. The van der Waals surface area contributed by atoms with Crippen LogP contribution < -0.4 is 5.32 Å². The van der Waals surface area contributed by atoms with Gasteiger partial charge in [0.15, 0.2) is 0 Å². The second kappa shape index (κ2) is 5.46. The van der Waals surface area contributed by atoms with Crippen LogP contribution in [0.15, 0.2) is 24.4 Å². The van der Waals surface area contributed by atoms with Gasteiger partial charge >= 0.3 is 5.97 Å². The Kier molecular flexibility index (Phi) is 4.24. The van der Waals surface area contributed by atoms with Crippen LogP contribution in [-0.2, 0) is 4.79 Å². The summed E-state index contributed by atoms with van der Waals surface area (Å²) >= 11 is 0. The molecule has 15 heavy (non-hydrogen) atoms. The lowest BCUT2D eigenvalue weighted by Gasteiger charge is -2.18. The second-order valence-corrected chi connectivity index (χ2v) is 3.44. The molecule has 4 nitrogen and oxygen atoms in total. The zero-order valence-corrected chi connectivity index (χ0v) is 8.97. The third kappa shape index (κ3) is 3.32. The van der Waals surface area contributed by atoms with Crippen molar-refractivity contribution in [3.8, 4) is 0 Å². The van der Waals surface area contributed by atoms with Gasteiger partial charge in [0.05, 0.1) is 5.69 Å². The summed E-state index contributed by atoms with van der Waals surface area (Å²) in [6.07, 6.45) is 2.27. The molecule has 0 saturated heterocycles. The van der Waals surface area contributed by atoms with Gasteiger partial charge < -0.3 is 5.11 Å². The molecule has 0 fully saturated rings. The van der Waals surface area contributed by atoms with E-state index in [1.165, 1.54) is 0 Å². The van der Waals surface area contributed by atoms with Gasteiger partial charge in [-0.3, -0.25) is 15.1 Å². The number of hydrogen-bond acceptors (Lipinski definition) is 3. The van der Waals surface area contributed by atoms with E-state index < -0.39 is 12.0 Å². The Morgan fingerprint density at radius 1 is 1.60 bits per heavy atom. The fourth-order valence-electron chi connectivity index (χ4n) is 1.38. The smallest absolute Gasteiger partial charge is 0.320 e. The quantitative estimate of drug-likeness (QED) is 0.771. The zero-order chi connectivity index (χ0) is 11.3. The highest BCUT2D eigenvalue weighted by molar-refractivity contribution is 5.73. The third-order valence-corrected chi connectivity index (χ3v) is 2.29. The molecule has 1 aromatic rings. The van der Waals surface area contributed by atoms with E-state index in [1.807, 2.05) is 32.0 Å². The predicted octanol–water partition coefficient (Wildman–Crippen LogP) is 1.60. The van der Waals surface area contributed by atoms with Crippen molar-refractivity contribution < 1.29 is 9.90 Å². The Balaban J connectivity index is 2.62. The highest BCUT2D eigenvalue weighted by Gasteiger charge is 2.18. The van der Waals surface area contributed by atoms with Crippen molar-refractivity contribution in [2.75, 3.05) is 0 Å². The molecule has 0 aliphatic rings. The number of nitrogens with one attached hydrogen (secondary N) is 1. The lowest BCUT2D eigenvalue weighted by Crippen LogP contribution is -2.37. The molecule has 1 unspecified atom stereocenters.